The van der Waals surface area contributed by atoms with Crippen molar-refractivity contribution in [3.8, 4) is 11.5 Å². The molecule has 0 aliphatic carbocycles. The van der Waals surface area contributed by atoms with Crippen molar-refractivity contribution in [2.45, 2.75) is 12.6 Å². The van der Waals surface area contributed by atoms with Crippen molar-refractivity contribution in [3.05, 3.63) is 47.5 Å². The highest BCUT2D eigenvalue weighted by atomic mass is 19.4. The van der Waals surface area contributed by atoms with Gasteiger partial charge in [0.15, 0.2) is 0 Å². The average molecular weight is 382 g/mol. The van der Waals surface area contributed by atoms with E-state index in [0.29, 0.717) is 22.7 Å². The summed E-state index contributed by atoms with van der Waals surface area (Å²) in [6, 6.07) is 8.24. The third-order valence-corrected chi connectivity index (χ3v) is 3.92. The third kappa shape index (κ3) is 5.06. The van der Waals surface area contributed by atoms with Crippen LogP contribution in [0.3, 0.4) is 0 Å². The predicted molar refractivity (Wildman–Crippen MR) is 97.7 cm³/mol. The molecular weight excluding hydrogens is 361 g/mol. The van der Waals surface area contributed by atoms with E-state index in [1.54, 1.807) is 37.2 Å². The lowest BCUT2D eigenvalue weighted by Gasteiger charge is -2.20. The SMILES string of the molecule is COc1ccc(OC)c(CC(=O)Nc2cc(C(F)(F)F)ccc2N(C)C)c1. The van der Waals surface area contributed by atoms with E-state index in [-0.39, 0.29) is 12.1 Å². The standard InChI is InChI=1S/C19H21F3N2O3/c1-24(2)16-7-5-13(19(20,21)22)11-15(16)23-18(25)10-12-9-14(26-3)6-8-17(12)27-4/h5-9,11H,10H2,1-4H3,(H,23,25). The number of rotatable bonds is 6. The third-order valence-electron chi connectivity index (χ3n) is 3.92. The summed E-state index contributed by atoms with van der Waals surface area (Å²) < 4.78 is 49.4. The second-order valence-corrected chi connectivity index (χ2v) is 6.03. The van der Waals surface area contributed by atoms with Crippen LogP contribution in [0.5, 0.6) is 11.5 Å². The molecule has 2 rings (SSSR count). The van der Waals surface area contributed by atoms with Crippen LogP contribution in [0, 0.1) is 0 Å². The minimum absolute atomic E-state index is 0.0799. The fourth-order valence-electron chi connectivity index (χ4n) is 2.59. The van der Waals surface area contributed by atoms with E-state index in [1.165, 1.54) is 20.3 Å². The molecule has 27 heavy (non-hydrogen) atoms. The number of nitrogens with one attached hydrogen (secondary N) is 1. The van der Waals surface area contributed by atoms with E-state index >= 15 is 0 Å². The monoisotopic (exact) mass is 382 g/mol. The van der Waals surface area contributed by atoms with Crippen LogP contribution in [0.25, 0.3) is 0 Å². The molecule has 0 aliphatic heterocycles. The van der Waals surface area contributed by atoms with Gasteiger partial charge >= 0.3 is 6.18 Å². The molecule has 8 heteroatoms. The Kier molecular flexibility index (Phi) is 6.20. The molecule has 0 fully saturated rings. The molecule has 0 saturated carbocycles. The molecule has 0 atom stereocenters. The van der Waals surface area contributed by atoms with E-state index < -0.39 is 17.6 Å². The molecule has 2 aromatic carbocycles. The van der Waals surface area contributed by atoms with Crippen molar-refractivity contribution in [2.24, 2.45) is 0 Å². The van der Waals surface area contributed by atoms with E-state index in [2.05, 4.69) is 5.32 Å². The molecule has 5 nitrogen and oxygen atoms in total. The molecule has 0 saturated heterocycles. The highest BCUT2D eigenvalue weighted by Crippen LogP contribution is 2.35. The Hall–Kier alpha value is -2.90. The molecule has 0 unspecified atom stereocenters. The van der Waals surface area contributed by atoms with Crippen LogP contribution in [0.1, 0.15) is 11.1 Å². The van der Waals surface area contributed by atoms with E-state index in [4.69, 9.17) is 9.47 Å². The topological polar surface area (TPSA) is 50.8 Å². The van der Waals surface area contributed by atoms with Crippen molar-refractivity contribution in [1.82, 2.24) is 0 Å². The number of methoxy groups -OCH3 is 2. The molecule has 0 spiro atoms. The maximum atomic E-state index is 13.0. The zero-order valence-electron chi connectivity index (χ0n) is 15.5. The highest BCUT2D eigenvalue weighted by molar-refractivity contribution is 5.96. The average Bonchev–Trinajstić information content (AvgIpc) is 2.60. The number of nitrogens with zero attached hydrogens (tertiary/aromatic N) is 1. The van der Waals surface area contributed by atoms with Crippen molar-refractivity contribution < 1.29 is 27.4 Å². The van der Waals surface area contributed by atoms with Gasteiger partial charge in [0, 0.05) is 19.7 Å². The highest BCUT2D eigenvalue weighted by Gasteiger charge is 2.31. The summed E-state index contributed by atoms with van der Waals surface area (Å²) in [4.78, 5) is 14.1. The molecule has 2 aromatic rings. The molecule has 0 heterocycles. The summed E-state index contributed by atoms with van der Waals surface area (Å²) >= 11 is 0. The Morgan fingerprint density at radius 2 is 1.78 bits per heavy atom. The number of hydrogen-bond donors (Lipinski definition) is 1. The lowest BCUT2D eigenvalue weighted by Crippen LogP contribution is -2.19. The van der Waals surface area contributed by atoms with Crippen LogP contribution >= 0.6 is 0 Å². The Morgan fingerprint density at radius 1 is 1.07 bits per heavy atom. The number of halogens is 3. The fourth-order valence-corrected chi connectivity index (χ4v) is 2.59. The Balaban J connectivity index is 2.30. The molecule has 0 radical (unpaired) electrons. The number of hydrogen-bond acceptors (Lipinski definition) is 4. The van der Waals surface area contributed by atoms with Gasteiger partial charge in [-0.25, -0.2) is 0 Å². The number of amides is 1. The van der Waals surface area contributed by atoms with E-state index in [9.17, 15) is 18.0 Å². The Labute approximate surface area is 155 Å². The van der Waals surface area contributed by atoms with Gasteiger partial charge in [0.05, 0.1) is 37.6 Å². The lowest BCUT2D eigenvalue weighted by molar-refractivity contribution is -0.137. The first kappa shape index (κ1) is 20.4. The summed E-state index contributed by atoms with van der Waals surface area (Å²) in [5.74, 6) is 0.568. The van der Waals surface area contributed by atoms with Crippen LogP contribution in [0.15, 0.2) is 36.4 Å². The van der Waals surface area contributed by atoms with Crippen molar-refractivity contribution in [3.63, 3.8) is 0 Å². The Morgan fingerprint density at radius 3 is 2.33 bits per heavy atom. The number of carbonyl (C=O) groups is 1. The number of ether oxygens (including phenoxy) is 2. The zero-order valence-corrected chi connectivity index (χ0v) is 15.5. The molecule has 1 N–H and O–H groups in total. The first-order valence-corrected chi connectivity index (χ1v) is 8.05. The smallest absolute Gasteiger partial charge is 0.416 e. The molecule has 146 valence electrons. The predicted octanol–water partition coefficient (Wildman–Crippen LogP) is 3.97. The molecule has 1 amide bonds. The first-order valence-electron chi connectivity index (χ1n) is 8.05. The van der Waals surface area contributed by atoms with Gasteiger partial charge in [-0.2, -0.15) is 13.2 Å². The van der Waals surface area contributed by atoms with Crippen LogP contribution in [0.2, 0.25) is 0 Å². The summed E-state index contributed by atoms with van der Waals surface area (Å²) in [6.45, 7) is 0. The number of anilines is 2. The van der Waals surface area contributed by atoms with Gasteiger partial charge in [-0.3, -0.25) is 4.79 Å². The van der Waals surface area contributed by atoms with Crippen LogP contribution in [-0.4, -0.2) is 34.2 Å². The van der Waals surface area contributed by atoms with E-state index in [1.807, 2.05) is 0 Å². The van der Waals surface area contributed by atoms with Crippen molar-refractivity contribution in [1.29, 1.82) is 0 Å². The fraction of sp³-hybridized carbons (Fsp3) is 0.316. The lowest BCUT2D eigenvalue weighted by atomic mass is 10.1. The van der Waals surface area contributed by atoms with Crippen molar-refractivity contribution >= 4 is 17.3 Å². The first-order chi connectivity index (χ1) is 12.7. The largest absolute Gasteiger partial charge is 0.497 e. The maximum absolute atomic E-state index is 13.0. The van der Waals surface area contributed by atoms with Gasteiger partial charge in [-0.15, -0.1) is 0 Å². The van der Waals surface area contributed by atoms with E-state index in [0.717, 1.165) is 12.1 Å². The van der Waals surface area contributed by atoms with Gasteiger partial charge in [-0.1, -0.05) is 0 Å². The molecule has 0 aromatic heterocycles. The van der Waals surface area contributed by atoms with Gasteiger partial charge in [0.25, 0.3) is 0 Å². The second kappa shape index (κ2) is 8.20. The van der Waals surface area contributed by atoms with Crippen molar-refractivity contribution in [2.75, 3.05) is 38.5 Å². The Bertz CT molecular complexity index is 820. The normalized spacial score (nSPS) is 11.1. The maximum Gasteiger partial charge on any atom is 0.416 e. The second-order valence-electron chi connectivity index (χ2n) is 6.03. The quantitative estimate of drug-likeness (QED) is 0.821. The number of benzene rings is 2. The molecule has 0 aliphatic rings. The number of alkyl halides is 3. The van der Waals surface area contributed by atoms with Crippen LogP contribution in [0.4, 0.5) is 24.5 Å². The minimum Gasteiger partial charge on any atom is -0.497 e. The molecule has 0 bridgehead atoms. The van der Waals surface area contributed by atoms with Gasteiger partial charge < -0.3 is 19.7 Å². The summed E-state index contributed by atoms with van der Waals surface area (Å²) in [7, 11) is 6.34. The zero-order chi connectivity index (χ0) is 20.2. The summed E-state index contributed by atoms with van der Waals surface area (Å²) in [5.41, 5.74) is 0.283. The minimum atomic E-state index is -4.50. The van der Waals surface area contributed by atoms with Crippen LogP contribution < -0.4 is 19.7 Å². The van der Waals surface area contributed by atoms with Gasteiger partial charge in [0.1, 0.15) is 11.5 Å². The van der Waals surface area contributed by atoms with Crippen LogP contribution in [-0.2, 0) is 17.4 Å². The molecular formula is C19H21F3N2O3. The summed E-state index contributed by atoms with van der Waals surface area (Å²) in [5, 5.41) is 2.56. The number of carbonyl (C=O) groups excluding carboxylic acids is 1. The summed E-state index contributed by atoms with van der Waals surface area (Å²) in [6.07, 6.45) is -4.58. The van der Waals surface area contributed by atoms with Gasteiger partial charge in [0.2, 0.25) is 5.91 Å². The van der Waals surface area contributed by atoms with Gasteiger partial charge in [-0.05, 0) is 36.4 Å².